The van der Waals surface area contributed by atoms with Crippen LogP contribution < -0.4 is 9.47 Å². The first kappa shape index (κ1) is 26.4. The number of para-hydroxylation sites is 1. The second kappa shape index (κ2) is 11.7. The Morgan fingerprint density at radius 1 is 1.10 bits per heavy atom. The van der Waals surface area contributed by atoms with Crippen LogP contribution in [0.15, 0.2) is 72.8 Å². The van der Waals surface area contributed by atoms with Crippen molar-refractivity contribution in [3.63, 3.8) is 0 Å². The van der Waals surface area contributed by atoms with Gasteiger partial charge in [-0.3, -0.25) is 4.79 Å². The molecular formula is C30H29F2N3O4. The number of carbonyl (C=O) groups excluding carboxylic acids is 1. The molecule has 0 aliphatic carbocycles. The summed E-state index contributed by atoms with van der Waals surface area (Å²) in [4.78, 5) is 15.5. The number of aromatic nitrogens is 2. The van der Waals surface area contributed by atoms with Crippen molar-refractivity contribution in [2.24, 2.45) is 0 Å². The number of carbonyl (C=O) groups is 1. The van der Waals surface area contributed by atoms with Gasteiger partial charge in [-0.05, 0) is 62.2 Å². The van der Waals surface area contributed by atoms with Crippen molar-refractivity contribution in [3.05, 3.63) is 101 Å². The predicted octanol–water partition coefficient (Wildman–Crippen LogP) is 6.08. The third-order valence-corrected chi connectivity index (χ3v) is 6.64. The quantitative estimate of drug-likeness (QED) is 0.261. The number of methoxy groups -OCH3 is 1. The third kappa shape index (κ3) is 5.93. The summed E-state index contributed by atoms with van der Waals surface area (Å²) in [6, 6.07) is 19.4. The first-order valence-corrected chi connectivity index (χ1v) is 12.7. The molecule has 7 nitrogen and oxygen atoms in total. The average molecular weight is 534 g/mol. The fourth-order valence-electron chi connectivity index (χ4n) is 4.61. The van der Waals surface area contributed by atoms with E-state index in [4.69, 9.17) is 14.2 Å². The Hall–Kier alpha value is -4.24. The third-order valence-electron chi connectivity index (χ3n) is 6.64. The molecule has 0 spiro atoms. The lowest BCUT2D eigenvalue weighted by molar-refractivity contribution is 0.0505. The molecule has 3 aromatic carbocycles. The zero-order valence-electron chi connectivity index (χ0n) is 21.8. The van der Waals surface area contributed by atoms with Gasteiger partial charge in [-0.2, -0.15) is 5.10 Å². The summed E-state index contributed by atoms with van der Waals surface area (Å²) in [6.45, 7) is 2.95. The molecule has 2 heterocycles. The Morgan fingerprint density at radius 3 is 2.64 bits per heavy atom. The first-order valence-electron chi connectivity index (χ1n) is 12.7. The highest BCUT2D eigenvalue weighted by atomic mass is 19.1. The Morgan fingerprint density at radius 2 is 1.92 bits per heavy atom. The molecule has 39 heavy (non-hydrogen) atoms. The fraction of sp³-hybridized carbons (Fsp3) is 0.267. The number of benzene rings is 3. The van der Waals surface area contributed by atoms with E-state index in [-0.39, 0.29) is 30.2 Å². The van der Waals surface area contributed by atoms with Gasteiger partial charge in [-0.25, -0.2) is 13.5 Å². The van der Waals surface area contributed by atoms with Crippen LogP contribution in [0.4, 0.5) is 8.78 Å². The van der Waals surface area contributed by atoms with E-state index in [9.17, 15) is 13.6 Å². The molecule has 0 unspecified atom stereocenters. The maximum absolute atomic E-state index is 14.7. The summed E-state index contributed by atoms with van der Waals surface area (Å²) in [5.41, 5.74) is 2.35. The largest absolute Gasteiger partial charge is 0.497 e. The van der Waals surface area contributed by atoms with E-state index in [0.29, 0.717) is 41.4 Å². The maximum atomic E-state index is 14.7. The Bertz CT molecular complexity index is 1450. The van der Waals surface area contributed by atoms with Crippen LogP contribution in [0.5, 0.6) is 17.4 Å². The van der Waals surface area contributed by atoms with E-state index < -0.39 is 11.6 Å². The van der Waals surface area contributed by atoms with Gasteiger partial charge >= 0.3 is 0 Å². The van der Waals surface area contributed by atoms with Crippen molar-refractivity contribution in [3.8, 4) is 23.1 Å². The monoisotopic (exact) mass is 533 g/mol. The van der Waals surface area contributed by atoms with Crippen molar-refractivity contribution in [1.82, 2.24) is 14.7 Å². The Labute approximate surface area is 225 Å². The summed E-state index contributed by atoms with van der Waals surface area (Å²) in [5.74, 6) is -1.11. The number of ether oxygens (including phenoxy) is 3. The van der Waals surface area contributed by atoms with Gasteiger partial charge in [0, 0.05) is 24.8 Å². The van der Waals surface area contributed by atoms with Gasteiger partial charge in [0.15, 0.2) is 11.6 Å². The van der Waals surface area contributed by atoms with Gasteiger partial charge in [-0.15, -0.1) is 0 Å². The molecule has 1 aliphatic heterocycles. The topological polar surface area (TPSA) is 65.8 Å². The van der Waals surface area contributed by atoms with Gasteiger partial charge in [-0.1, -0.05) is 24.3 Å². The lowest BCUT2D eigenvalue weighted by Gasteiger charge is -2.26. The maximum Gasteiger partial charge on any atom is 0.254 e. The molecule has 9 heteroatoms. The van der Waals surface area contributed by atoms with Crippen LogP contribution in [0.1, 0.15) is 34.5 Å². The van der Waals surface area contributed by atoms with Crippen LogP contribution >= 0.6 is 0 Å². The molecule has 0 radical (unpaired) electrons. The van der Waals surface area contributed by atoms with E-state index in [1.54, 1.807) is 41.0 Å². The molecule has 1 aliphatic rings. The summed E-state index contributed by atoms with van der Waals surface area (Å²) in [5, 5.41) is 4.67. The van der Waals surface area contributed by atoms with Crippen LogP contribution in [-0.4, -0.2) is 47.0 Å². The highest BCUT2D eigenvalue weighted by molar-refractivity contribution is 5.94. The average Bonchev–Trinajstić information content (AvgIpc) is 3.58. The van der Waals surface area contributed by atoms with E-state index in [1.165, 1.54) is 6.07 Å². The minimum Gasteiger partial charge on any atom is -0.497 e. The zero-order valence-corrected chi connectivity index (χ0v) is 21.8. The lowest BCUT2D eigenvalue weighted by Crippen LogP contribution is -2.37. The molecule has 0 bridgehead atoms. The molecule has 202 valence electrons. The summed E-state index contributed by atoms with van der Waals surface area (Å²) >= 11 is 0. The number of rotatable bonds is 9. The van der Waals surface area contributed by atoms with Crippen molar-refractivity contribution in [2.45, 2.75) is 32.4 Å². The van der Waals surface area contributed by atoms with Gasteiger partial charge in [0.05, 0.1) is 36.7 Å². The minimum atomic E-state index is -0.844. The van der Waals surface area contributed by atoms with Gasteiger partial charge in [0.2, 0.25) is 5.88 Å². The van der Waals surface area contributed by atoms with Crippen LogP contribution in [0.25, 0.3) is 5.69 Å². The fourth-order valence-corrected chi connectivity index (χ4v) is 4.61. The summed E-state index contributed by atoms with van der Waals surface area (Å²) in [7, 11) is 1.55. The molecule has 1 fully saturated rings. The minimum absolute atomic E-state index is 0.108. The number of aryl methyl sites for hydroxylation is 1. The number of halogens is 2. The molecule has 1 atom stereocenters. The van der Waals surface area contributed by atoms with E-state index in [1.807, 2.05) is 37.3 Å². The molecular weight excluding hydrogens is 504 g/mol. The van der Waals surface area contributed by atoms with E-state index >= 15 is 0 Å². The number of amides is 1. The van der Waals surface area contributed by atoms with Crippen molar-refractivity contribution < 1.29 is 27.8 Å². The van der Waals surface area contributed by atoms with E-state index in [0.717, 1.165) is 25.0 Å². The molecule has 1 amide bonds. The van der Waals surface area contributed by atoms with Crippen molar-refractivity contribution >= 4 is 5.91 Å². The van der Waals surface area contributed by atoms with Crippen molar-refractivity contribution in [1.29, 1.82) is 0 Å². The van der Waals surface area contributed by atoms with Gasteiger partial charge in [0.25, 0.3) is 5.91 Å². The van der Waals surface area contributed by atoms with Crippen molar-refractivity contribution in [2.75, 3.05) is 20.3 Å². The van der Waals surface area contributed by atoms with Gasteiger partial charge < -0.3 is 19.1 Å². The molecule has 4 aromatic rings. The molecule has 5 rings (SSSR count). The Balaban J connectivity index is 1.56. The van der Waals surface area contributed by atoms with Gasteiger partial charge in [0.1, 0.15) is 11.6 Å². The van der Waals surface area contributed by atoms with E-state index in [2.05, 4.69) is 5.10 Å². The second-order valence-electron chi connectivity index (χ2n) is 9.35. The van der Waals surface area contributed by atoms with Crippen LogP contribution in [0.3, 0.4) is 0 Å². The Kier molecular flexibility index (Phi) is 7.88. The molecule has 1 saturated heterocycles. The first-order chi connectivity index (χ1) is 18.9. The number of hydrogen-bond acceptors (Lipinski definition) is 5. The SMILES string of the molecule is COc1cccc(C(=O)N(Cc2c(C)nn(-c3ccccc3)c2Oc2ccc(F)cc2F)C[C@H]2CCCO2)c1. The molecule has 0 N–H and O–H groups in total. The van der Waals surface area contributed by atoms with Crippen LogP contribution in [-0.2, 0) is 11.3 Å². The smallest absolute Gasteiger partial charge is 0.254 e. The summed E-state index contributed by atoms with van der Waals surface area (Å²) < 4.78 is 47.1. The highest BCUT2D eigenvalue weighted by Gasteiger charge is 2.28. The molecule has 0 saturated carbocycles. The summed E-state index contributed by atoms with van der Waals surface area (Å²) in [6.07, 6.45) is 1.66. The normalized spacial score (nSPS) is 14.8. The standard InChI is InChI=1S/C30H29F2N3O4/c1-20-26(19-34(18-25-12-7-15-38-25)29(36)21-8-6-11-24(16-21)37-2)30(35(33-20)23-9-4-3-5-10-23)39-28-14-13-22(31)17-27(28)32/h3-6,8-11,13-14,16-17,25H,7,12,15,18-19H2,1-2H3/t25-/m1/s1. The van der Waals surface area contributed by atoms with Crippen LogP contribution in [0, 0.1) is 18.6 Å². The highest BCUT2D eigenvalue weighted by Crippen LogP contribution is 2.34. The second-order valence-corrected chi connectivity index (χ2v) is 9.35. The molecule has 1 aromatic heterocycles. The number of hydrogen-bond donors (Lipinski definition) is 0. The zero-order chi connectivity index (χ0) is 27.4. The lowest BCUT2D eigenvalue weighted by atomic mass is 10.1. The number of nitrogens with zero attached hydrogens (tertiary/aromatic N) is 3. The predicted molar refractivity (Wildman–Crippen MR) is 141 cm³/mol. The van der Waals surface area contributed by atoms with Crippen LogP contribution in [0.2, 0.25) is 0 Å².